The van der Waals surface area contributed by atoms with Crippen molar-refractivity contribution < 1.29 is 0 Å². The van der Waals surface area contributed by atoms with Gasteiger partial charge in [-0.1, -0.05) is 0 Å². The van der Waals surface area contributed by atoms with Crippen LogP contribution in [0.1, 0.15) is 18.4 Å². The molecule has 1 aliphatic rings. The zero-order valence-corrected chi connectivity index (χ0v) is 9.69. The molecule has 5 heteroatoms. The second-order valence-electron chi connectivity index (χ2n) is 4.49. The number of nitrogens with zero attached hydrogens (tertiary/aromatic N) is 2. The zero-order valence-electron chi connectivity index (χ0n) is 9.69. The van der Waals surface area contributed by atoms with Gasteiger partial charge in [0.2, 0.25) is 0 Å². The van der Waals surface area contributed by atoms with Crippen molar-refractivity contribution in [1.29, 1.82) is 0 Å². The molecular weight excluding hydrogens is 206 g/mol. The topological polar surface area (TPSA) is 56.0 Å². The van der Waals surface area contributed by atoms with Crippen molar-refractivity contribution in [2.75, 3.05) is 6.54 Å². The Hall–Kier alpha value is -1.36. The standard InChI is InChI=1S/C11H17N3O2/c1-13-7-9(6-12-5-8-3-4-8)10(15)14(2)11(13)16/h7-8,12H,3-6H2,1-2H3. The van der Waals surface area contributed by atoms with Gasteiger partial charge in [-0.05, 0) is 25.3 Å². The Morgan fingerprint density at radius 3 is 2.69 bits per heavy atom. The molecular formula is C11H17N3O2. The number of hydrogen-bond acceptors (Lipinski definition) is 3. The first-order valence-electron chi connectivity index (χ1n) is 5.56. The molecule has 1 N–H and O–H groups in total. The summed E-state index contributed by atoms with van der Waals surface area (Å²) in [6, 6.07) is 0. The van der Waals surface area contributed by atoms with Gasteiger partial charge in [0, 0.05) is 32.4 Å². The second kappa shape index (κ2) is 4.25. The summed E-state index contributed by atoms with van der Waals surface area (Å²) < 4.78 is 2.59. The first kappa shape index (κ1) is 11.1. The molecule has 1 aromatic heterocycles. The van der Waals surface area contributed by atoms with Gasteiger partial charge in [-0.3, -0.25) is 9.36 Å². The zero-order chi connectivity index (χ0) is 11.7. The van der Waals surface area contributed by atoms with Crippen LogP contribution in [0.3, 0.4) is 0 Å². The summed E-state index contributed by atoms with van der Waals surface area (Å²) in [7, 11) is 3.17. The fourth-order valence-corrected chi connectivity index (χ4v) is 1.74. The molecule has 88 valence electrons. The second-order valence-corrected chi connectivity index (χ2v) is 4.49. The molecule has 0 amide bonds. The van der Waals surface area contributed by atoms with Gasteiger partial charge in [-0.25, -0.2) is 4.79 Å². The van der Waals surface area contributed by atoms with Crippen molar-refractivity contribution in [1.82, 2.24) is 14.5 Å². The molecule has 0 radical (unpaired) electrons. The van der Waals surface area contributed by atoms with E-state index in [-0.39, 0.29) is 11.2 Å². The summed E-state index contributed by atoms with van der Waals surface area (Å²) in [6.07, 6.45) is 4.20. The van der Waals surface area contributed by atoms with Crippen molar-refractivity contribution >= 4 is 0 Å². The fourth-order valence-electron chi connectivity index (χ4n) is 1.74. The predicted molar refractivity (Wildman–Crippen MR) is 61.4 cm³/mol. The summed E-state index contributed by atoms with van der Waals surface area (Å²) in [5, 5.41) is 3.25. The summed E-state index contributed by atoms with van der Waals surface area (Å²) >= 11 is 0. The monoisotopic (exact) mass is 223 g/mol. The number of aromatic nitrogens is 2. The third-order valence-corrected chi connectivity index (χ3v) is 2.96. The predicted octanol–water partition coefficient (Wildman–Crippen LogP) is -0.416. The maximum Gasteiger partial charge on any atom is 0.330 e. The van der Waals surface area contributed by atoms with Crippen molar-refractivity contribution in [3.8, 4) is 0 Å². The molecule has 1 aromatic rings. The molecule has 0 bridgehead atoms. The van der Waals surface area contributed by atoms with Crippen LogP contribution in [0.4, 0.5) is 0 Å². The molecule has 0 saturated heterocycles. The van der Waals surface area contributed by atoms with Crippen LogP contribution < -0.4 is 16.6 Å². The number of aryl methyl sites for hydroxylation is 1. The highest BCUT2D eigenvalue weighted by Crippen LogP contribution is 2.27. The highest BCUT2D eigenvalue weighted by Gasteiger charge is 2.20. The molecule has 0 atom stereocenters. The molecule has 0 aromatic carbocycles. The van der Waals surface area contributed by atoms with Crippen LogP contribution >= 0.6 is 0 Å². The van der Waals surface area contributed by atoms with Gasteiger partial charge in [-0.15, -0.1) is 0 Å². The molecule has 0 unspecified atom stereocenters. The Balaban J connectivity index is 2.13. The van der Waals surface area contributed by atoms with Crippen molar-refractivity contribution in [2.24, 2.45) is 20.0 Å². The molecule has 5 nitrogen and oxygen atoms in total. The fraction of sp³-hybridized carbons (Fsp3) is 0.636. The van der Waals surface area contributed by atoms with Gasteiger partial charge in [0.15, 0.2) is 0 Å². The summed E-state index contributed by atoms with van der Waals surface area (Å²) in [4.78, 5) is 23.2. The van der Waals surface area contributed by atoms with Gasteiger partial charge in [0.25, 0.3) is 5.56 Å². The van der Waals surface area contributed by atoms with Crippen molar-refractivity contribution in [2.45, 2.75) is 19.4 Å². The highest BCUT2D eigenvalue weighted by molar-refractivity contribution is 5.05. The lowest BCUT2D eigenvalue weighted by molar-refractivity contribution is 0.608. The van der Waals surface area contributed by atoms with E-state index in [0.29, 0.717) is 12.1 Å². The summed E-state index contributed by atoms with van der Waals surface area (Å²) in [5.74, 6) is 0.788. The lowest BCUT2D eigenvalue weighted by Gasteiger charge is -2.07. The van der Waals surface area contributed by atoms with Crippen LogP contribution in [0.25, 0.3) is 0 Å². The average molecular weight is 223 g/mol. The van der Waals surface area contributed by atoms with Gasteiger partial charge in [0.05, 0.1) is 0 Å². The number of nitrogens with one attached hydrogen (secondary N) is 1. The maximum absolute atomic E-state index is 11.7. The van der Waals surface area contributed by atoms with E-state index < -0.39 is 0 Å². The minimum Gasteiger partial charge on any atom is -0.312 e. The minimum absolute atomic E-state index is 0.202. The Morgan fingerprint density at radius 2 is 2.06 bits per heavy atom. The molecule has 1 saturated carbocycles. The van der Waals surface area contributed by atoms with E-state index in [1.165, 1.54) is 24.5 Å². The molecule has 0 spiro atoms. The van der Waals surface area contributed by atoms with Crippen LogP contribution in [0, 0.1) is 5.92 Å². The van der Waals surface area contributed by atoms with E-state index in [0.717, 1.165) is 17.0 Å². The van der Waals surface area contributed by atoms with Gasteiger partial charge >= 0.3 is 5.69 Å². The van der Waals surface area contributed by atoms with E-state index in [1.54, 1.807) is 13.2 Å². The van der Waals surface area contributed by atoms with E-state index in [2.05, 4.69) is 5.32 Å². The number of rotatable bonds is 4. The summed E-state index contributed by atoms with van der Waals surface area (Å²) in [5.41, 5.74) is 0.160. The third-order valence-electron chi connectivity index (χ3n) is 2.96. The van der Waals surface area contributed by atoms with Crippen LogP contribution in [0.5, 0.6) is 0 Å². The Bertz CT molecular complexity index is 497. The highest BCUT2D eigenvalue weighted by atomic mass is 16.2. The third kappa shape index (κ3) is 2.24. The normalized spacial score (nSPS) is 15.4. The molecule has 1 fully saturated rings. The van der Waals surface area contributed by atoms with Gasteiger partial charge < -0.3 is 9.88 Å². The summed E-state index contributed by atoms with van der Waals surface area (Å²) in [6.45, 7) is 1.50. The van der Waals surface area contributed by atoms with E-state index in [4.69, 9.17) is 0 Å². The quantitative estimate of drug-likeness (QED) is 0.754. The van der Waals surface area contributed by atoms with E-state index >= 15 is 0 Å². The average Bonchev–Trinajstić information content (AvgIpc) is 3.06. The first-order valence-corrected chi connectivity index (χ1v) is 5.56. The van der Waals surface area contributed by atoms with Crippen LogP contribution in [-0.4, -0.2) is 15.7 Å². The number of hydrogen-bond donors (Lipinski definition) is 1. The van der Waals surface area contributed by atoms with Crippen LogP contribution in [-0.2, 0) is 20.6 Å². The van der Waals surface area contributed by atoms with Gasteiger partial charge in [-0.2, -0.15) is 0 Å². The van der Waals surface area contributed by atoms with E-state index in [1.807, 2.05) is 0 Å². The van der Waals surface area contributed by atoms with E-state index in [9.17, 15) is 9.59 Å². The van der Waals surface area contributed by atoms with Crippen LogP contribution in [0.2, 0.25) is 0 Å². The van der Waals surface area contributed by atoms with Gasteiger partial charge in [0.1, 0.15) is 0 Å². The lowest BCUT2D eigenvalue weighted by atomic mass is 10.3. The smallest absolute Gasteiger partial charge is 0.312 e. The Labute approximate surface area is 93.7 Å². The molecule has 16 heavy (non-hydrogen) atoms. The molecule has 0 aliphatic heterocycles. The van der Waals surface area contributed by atoms with Crippen LogP contribution in [0.15, 0.2) is 15.8 Å². The minimum atomic E-state index is -0.282. The van der Waals surface area contributed by atoms with Crippen molar-refractivity contribution in [3.63, 3.8) is 0 Å². The SMILES string of the molecule is Cn1cc(CNCC2CC2)c(=O)n(C)c1=O. The largest absolute Gasteiger partial charge is 0.330 e. The van der Waals surface area contributed by atoms with Crippen molar-refractivity contribution in [3.05, 3.63) is 32.6 Å². The molecule has 2 rings (SSSR count). The molecule has 1 heterocycles. The molecule has 1 aliphatic carbocycles. The lowest BCUT2D eigenvalue weighted by Crippen LogP contribution is -2.39. The Morgan fingerprint density at radius 1 is 1.38 bits per heavy atom. The maximum atomic E-state index is 11.7. The Kier molecular flexibility index (Phi) is 2.96. The first-order chi connectivity index (χ1) is 7.59.